The summed E-state index contributed by atoms with van der Waals surface area (Å²) in [6.45, 7) is 0. The number of aliphatic hydroxyl groups is 2. The molecule has 0 spiro atoms. The van der Waals surface area contributed by atoms with E-state index in [9.17, 15) is 19.6 Å². The predicted octanol–water partition coefficient (Wildman–Crippen LogP) is -3.74. The van der Waals surface area contributed by atoms with Crippen LogP contribution in [-0.4, -0.2) is 114 Å². The summed E-state index contributed by atoms with van der Waals surface area (Å²) < 4.78 is 21.4. The molecule has 0 saturated carbocycles. The number of hydrogen-bond donors (Lipinski definition) is 5. The fraction of sp³-hybridized carbons (Fsp3) is 0.556. The van der Waals surface area contributed by atoms with E-state index in [4.69, 9.17) is 25.0 Å². The zero-order valence-corrected chi connectivity index (χ0v) is 11.4. The van der Waals surface area contributed by atoms with Crippen LogP contribution in [0.3, 0.4) is 0 Å². The first-order valence-electron chi connectivity index (χ1n) is 5.71. The molecule has 1 aliphatic rings. The molecule has 1 unspecified atom stereocenters. The molecule has 4 atom stereocenters. The molecule has 11 nitrogen and oxygen atoms in total. The molecular formula is C9H16N3Na2O8P. The Balaban J connectivity index is 0.00000242. The Hall–Kier alpha value is 0.670. The SMILES string of the molecule is Nc1ccn(C2O[C@H](OCP(=O)(O)O)[C@@H](O)[C@H]2O)c(=O)n1.[NaH].[NaH]. The van der Waals surface area contributed by atoms with E-state index in [1.54, 1.807) is 0 Å². The zero-order valence-electron chi connectivity index (χ0n) is 10.5. The zero-order chi connectivity index (χ0) is 15.8. The quantitative estimate of drug-likeness (QED) is 0.261. The van der Waals surface area contributed by atoms with E-state index >= 15 is 0 Å². The molecule has 0 aromatic carbocycles. The maximum atomic E-state index is 11.6. The van der Waals surface area contributed by atoms with Gasteiger partial charge in [0.1, 0.15) is 18.0 Å². The third-order valence-corrected chi connectivity index (χ3v) is 3.21. The van der Waals surface area contributed by atoms with Crippen molar-refractivity contribution in [2.45, 2.75) is 24.7 Å². The molecular weight excluding hydrogens is 355 g/mol. The standard InChI is InChI=1S/C9H14N3O8P.2Na.2H/c10-4-1-2-12(9(15)11-4)7-5(13)6(14)8(20-7)19-3-21(16,17)18;;;;/h1-2,5-8,13-14H,3H2,(H2,10,11,15)(H2,16,17,18);;;;/t5-,6+,7?,8+;;;;/m1..../s1. The first-order valence-corrected chi connectivity index (χ1v) is 7.51. The average molecular weight is 371 g/mol. The Morgan fingerprint density at radius 1 is 1.35 bits per heavy atom. The molecule has 1 saturated heterocycles. The van der Waals surface area contributed by atoms with E-state index in [0.717, 1.165) is 4.57 Å². The third-order valence-electron chi connectivity index (χ3n) is 2.73. The van der Waals surface area contributed by atoms with Crippen LogP contribution in [0.15, 0.2) is 17.1 Å². The second-order valence-electron chi connectivity index (χ2n) is 4.38. The van der Waals surface area contributed by atoms with Gasteiger partial charge in [0.25, 0.3) is 0 Å². The second kappa shape index (κ2) is 9.39. The van der Waals surface area contributed by atoms with Gasteiger partial charge in [-0.05, 0) is 6.07 Å². The van der Waals surface area contributed by atoms with Crippen molar-refractivity contribution in [3.63, 3.8) is 0 Å². The van der Waals surface area contributed by atoms with E-state index in [1.807, 2.05) is 0 Å². The molecule has 6 N–H and O–H groups in total. The number of nitrogen functional groups attached to an aromatic ring is 1. The summed E-state index contributed by atoms with van der Waals surface area (Å²) in [5.41, 5.74) is 4.50. The Morgan fingerprint density at radius 2 is 1.96 bits per heavy atom. The molecule has 2 heterocycles. The van der Waals surface area contributed by atoms with Crippen molar-refractivity contribution < 1.29 is 34.0 Å². The average Bonchev–Trinajstić information content (AvgIpc) is 2.64. The second-order valence-corrected chi connectivity index (χ2v) is 5.97. The molecule has 14 heteroatoms. The van der Waals surface area contributed by atoms with Crippen LogP contribution in [0, 0.1) is 0 Å². The van der Waals surface area contributed by atoms with Crippen molar-refractivity contribution in [2.24, 2.45) is 0 Å². The van der Waals surface area contributed by atoms with E-state index in [2.05, 4.69) is 4.98 Å². The number of hydrogen-bond acceptors (Lipinski definition) is 8. The number of ether oxygens (including phenoxy) is 2. The van der Waals surface area contributed by atoms with Crippen LogP contribution in [0.25, 0.3) is 0 Å². The molecule has 0 aliphatic carbocycles. The molecule has 0 bridgehead atoms. The number of aromatic nitrogens is 2. The van der Waals surface area contributed by atoms with Crippen molar-refractivity contribution in [2.75, 3.05) is 12.1 Å². The van der Waals surface area contributed by atoms with Crippen molar-refractivity contribution >= 4 is 72.5 Å². The molecule has 1 fully saturated rings. The first kappa shape index (κ1) is 23.7. The monoisotopic (exact) mass is 371 g/mol. The summed E-state index contributed by atoms with van der Waals surface area (Å²) in [5.74, 6) is -0.0291. The van der Waals surface area contributed by atoms with Crippen molar-refractivity contribution in [3.8, 4) is 0 Å². The van der Waals surface area contributed by atoms with Gasteiger partial charge < -0.3 is 35.2 Å². The summed E-state index contributed by atoms with van der Waals surface area (Å²) in [4.78, 5) is 32.5. The Labute approximate surface area is 174 Å². The van der Waals surface area contributed by atoms with Gasteiger partial charge >= 0.3 is 72.4 Å². The number of nitrogens with two attached hydrogens (primary N) is 1. The van der Waals surface area contributed by atoms with Gasteiger partial charge in [0, 0.05) is 6.20 Å². The van der Waals surface area contributed by atoms with Crippen LogP contribution in [0.1, 0.15) is 6.23 Å². The fourth-order valence-corrected chi connectivity index (χ4v) is 2.13. The van der Waals surface area contributed by atoms with Gasteiger partial charge in [-0.3, -0.25) is 9.13 Å². The summed E-state index contributed by atoms with van der Waals surface area (Å²) >= 11 is 0. The van der Waals surface area contributed by atoms with E-state index in [0.29, 0.717) is 0 Å². The number of rotatable bonds is 4. The molecule has 0 amide bonds. The third kappa shape index (κ3) is 6.15. The predicted molar refractivity (Wildman–Crippen MR) is 81.1 cm³/mol. The molecule has 0 radical (unpaired) electrons. The normalized spacial score (nSPS) is 27.1. The van der Waals surface area contributed by atoms with Crippen LogP contribution < -0.4 is 11.4 Å². The summed E-state index contributed by atoms with van der Waals surface area (Å²) in [7, 11) is -4.46. The molecule has 1 aliphatic heterocycles. The van der Waals surface area contributed by atoms with E-state index in [1.165, 1.54) is 12.3 Å². The Kier molecular flexibility index (Phi) is 9.66. The summed E-state index contributed by atoms with van der Waals surface area (Å²) in [6.07, 6.45) is -5.75. The van der Waals surface area contributed by atoms with Crippen LogP contribution >= 0.6 is 7.60 Å². The number of anilines is 1. The number of nitrogens with zero attached hydrogens (tertiary/aromatic N) is 2. The van der Waals surface area contributed by atoms with Gasteiger partial charge in [-0.25, -0.2) is 4.79 Å². The molecule has 122 valence electrons. The van der Waals surface area contributed by atoms with Gasteiger partial charge in [0.2, 0.25) is 0 Å². The Bertz CT molecular complexity index is 625. The van der Waals surface area contributed by atoms with Crippen molar-refractivity contribution in [1.82, 2.24) is 9.55 Å². The van der Waals surface area contributed by atoms with Crippen molar-refractivity contribution in [3.05, 3.63) is 22.7 Å². The van der Waals surface area contributed by atoms with E-state index < -0.39 is 44.4 Å². The van der Waals surface area contributed by atoms with Gasteiger partial charge in [0.15, 0.2) is 18.9 Å². The van der Waals surface area contributed by atoms with Crippen LogP contribution in [-0.2, 0) is 14.0 Å². The van der Waals surface area contributed by atoms with Gasteiger partial charge in [0.05, 0.1) is 0 Å². The van der Waals surface area contributed by atoms with Crippen molar-refractivity contribution in [1.29, 1.82) is 0 Å². The molecule has 1 aromatic rings. The fourth-order valence-electron chi connectivity index (χ4n) is 1.79. The first-order chi connectivity index (χ1) is 9.69. The molecule has 1 aromatic heterocycles. The topological polar surface area (TPSA) is 177 Å². The van der Waals surface area contributed by atoms with Gasteiger partial charge in [-0.15, -0.1) is 0 Å². The number of aliphatic hydroxyl groups excluding tert-OH is 2. The van der Waals surface area contributed by atoms with Crippen LogP contribution in [0.2, 0.25) is 0 Å². The summed E-state index contributed by atoms with van der Waals surface area (Å²) in [5, 5.41) is 19.6. The summed E-state index contributed by atoms with van der Waals surface area (Å²) in [6, 6.07) is 1.29. The maximum absolute atomic E-state index is 11.6. The Morgan fingerprint density at radius 3 is 2.48 bits per heavy atom. The van der Waals surface area contributed by atoms with Crippen LogP contribution in [0.5, 0.6) is 0 Å². The minimum atomic E-state index is -4.46. The van der Waals surface area contributed by atoms with E-state index in [-0.39, 0.29) is 64.9 Å². The van der Waals surface area contributed by atoms with Gasteiger partial charge in [-0.1, -0.05) is 0 Å². The van der Waals surface area contributed by atoms with Crippen LogP contribution in [0.4, 0.5) is 5.82 Å². The molecule has 23 heavy (non-hydrogen) atoms. The minimum absolute atomic E-state index is 0. The molecule has 2 rings (SSSR count). The van der Waals surface area contributed by atoms with Gasteiger partial charge in [-0.2, -0.15) is 4.98 Å².